The zero-order chi connectivity index (χ0) is 6.97. The molecule has 52 valence electrons. The second-order valence-electron chi connectivity index (χ2n) is 2.32. The van der Waals surface area contributed by atoms with Crippen LogP contribution in [-0.4, -0.2) is 4.98 Å². The van der Waals surface area contributed by atoms with E-state index in [1.165, 1.54) is 15.7 Å². The first-order valence-corrected chi connectivity index (χ1v) is 4.00. The third-order valence-corrected chi connectivity index (χ3v) is 2.43. The molecule has 0 radical (unpaired) electrons. The van der Waals surface area contributed by atoms with Gasteiger partial charge < -0.3 is 5.32 Å². The molecule has 1 aliphatic heterocycles. The van der Waals surface area contributed by atoms with Gasteiger partial charge in [0.05, 0.1) is 5.69 Å². The Bertz CT molecular complexity index is 260. The van der Waals surface area contributed by atoms with Gasteiger partial charge in [-0.2, -0.15) is 0 Å². The first-order valence-electron chi connectivity index (χ1n) is 3.21. The van der Waals surface area contributed by atoms with E-state index in [9.17, 15) is 0 Å². The summed E-state index contributed by atoms with van der Waals surface area (Å²) in [7, 11) is 0. The number of hydrogen-bond donors (Lipinski definition) is 1. The molecule has 0 saturated carbocycles. The minimum absolute atomic E-state index is 0.911. The van der Waals surface area contributed by atoms with E-state index in [2.05, 4.69) is 26.2 Å². The fourth-order valence-corrected chi connectivity index (χ4v) is 1.64. The second-order valence-corrected chi connectivity index (χ2v) is 3.18. The lowest BCUT2D eigenvalue weighted by molar-refractivity contribution is 0.757. The molecule has 3 heteroatoms. The van der Waals surface area contributed by atoms with Crippen molar-refractivity contribution in [2.75, 3.05) is 0 Å². The van der Waals surface area contributed by atoms with Crippen LogP contribution in [0.1, 0.15) is 11.3 Å². The minimum Gasteiger partial charge on any atom is -0.307 e. The lowest BCUT2D eigenvalue weighted by Crippen LogP contribution is -2.00. The fourth-order valence-electron chi connectivity index (χ4n) is 1.15. The van der Waals surface area contributed by atoms with E-state index < -0.39 is 0 Å². The van der Waals surface area contributed by atoms with E-state index in [1.807, 2.05) is 12.3 Å². The highest BCUT2D eigenvalue weighted by molar-refractivity contribution is 9.10. The Morgan fingerprint density at radius 2 is 2.40 bits per heavy atom. The molecule has 0 aromatic carbocycles. The smallest absolute Gasteiger partial charge is 0.0597 e. The number of halogens is 1. The highest BCUT2D eigenvalue weighted by atomic mass is 79.9. The standard InChI is InChI=1S/C7H7BrN2/c8-6-1-2-10-7-4-9-3-5(6)7/h1-2,9H,3-4H2. The SMILES string of the molecule is Brc1ccnc2c1CNC2. The van der Waals surface area contributed by atoms with E-state index in [0.29, 0.717) is 0 Å². The molecule has 1 aromatic heterocycles. The number of aromatic nitrogens is 1. The average molecular weight is 199 g/mol. The number of rotatable bonds is 0. The normalized spacial score (nSPS) is 15.3. The van der Waals surface area contributed by atoms with Crippen molar-refractivity contribution >= 4 is 15.9 Å². The minimum atomic E-state index is 0.911. The maximum atomic E-state index is 4.23. The largest absolute Gasteiger partial charge is 0.307 e. The van der Waals surface area contributed by atoms with Crippen LogP contribution >= 0.6 is 15.9 Å². The highest BCUT2D eigenvalue weighted by Gasteiger charge is 2.12. The van der Waals surface area contributed by atoms with Crippen LogP contribution in [0, 0.1) is 0 Å². The van der Waals surface area contributed by atoms with Gasteiger partial charge in [-0.05, 0) is 6.07 Å². The number of nitrogens with one attached hydrogen (secondary N) is 1. The quantitative estimate of drug-likeness (QED) is 0.683. The molecule has 10 heavy (non-hydrogen) atoms. The van der Waals surface area contributed by atoms with Crippen molar-refractivity contribution in [1.82, 2.24) is 10.3 Å². The topological polar surface area (TPSA) is 24.9 Å². The molecule has 0 bridgehead atoms. The van der Waals surface area contributed by atoms with Crippen molar-refractivity contribution in [2.24, 2.45) is 0 Å². The summed E-state index contributed by atoms with van der Waals surface area (Å²) in [5, 5.41) is 3.24. The Balaban J connectivity index is 2.59. The third-order valence-electron chi connectivity index (χ3n) is 1.68. The molecule has 1 aromatic rings. The predicted molar refractivity (Wildman–Crippen MR) is 42.5 cm³/mol. The van der Waals surface area contributed by atoms with Crippen molar-refractivity contribution in [1.29, 1.82) is 0 Å². The van der Waals surface area contributed by atoms with Gasteiger partial charge in [-0.3, -0.25) is 4.98 Å². The molecule has 0 aliphatic carbocycles. The number of fused-ring (bicyclic) bond motifs is 1. The lowest BCUT2D eigenvalue weighted by Gasteiger charge is -1.96. The van der Waals surface area contributed by atoms with Crippen LogP contribution in [0.5, 0.6) is 0 Å². The molecule has 0 fully saturated rings. The van der Waals surface area contributed by atoms with E-state index >= 15 is 0 Å². The van der Waals surface area contributed by atoms with E-state index in [0.717, 1.165) is 13.1 Å². The molecule has 2 rings (SSSR count). The number of nitrogens with zero attached hydrogens (tertiary/aromatic N) is 1. The molecule has 2 heterocycles. The van der Waals surface area contributed by atoms with Gasteiger partial charge >= 0.3 is 0 Å². The maximum absolute atomic E-state index is 4.23. The van der Waals surface area contributed by atoms with Gasteiger partial charge in [0, 0.05) is 29.3 Å². The lowest BCUT2D eigenvalue weighted by atomic mass is 10.2. The molecular weight excluding hydrogens is 192 g/mol. The number of hydrogen-bond acceptors (Lipinski definition) is 2. The molecule has 0 saturated heterocycles. The molecule has 2 nitrogen and oxygen atoms in total. The van der Waals surface area contributed by atoms with Crippen LogP contribution in [-0.2, 0) is 13.1 Å². The monoisotopic (exact) mass is 198 g/mol. The summed E-state index contributed by atoms with van der Waals surface area (Å²) in [4.78, 5) is 4.23. The van der Waals surface area contributed by atoms with Crippen molar-refractivity contribution in [3.8, 4) is 0 Å². The predicted octanol–water partition coefficient (Wildman–Crippen LogP) is 1.45. The van der Waals surface area contributed by atoms with E-state index in [1.54, 1.807) is 0 Å². The Hall–Kier alpha value is -0.410. The molecule has 0 unspecified atom stereocenters. The Labute approximate surface area is 67.8 Å². The summed E-state index contributed by atoms with van der Waals surface area (Å²) >= 11 is 3.47. The summed E-state index contributed by atoms with van der Waals surface area (Å²) in [5.41, 5.74) is 2.48. The number of pyridine rings is 1. The third kappa shape index (κ3) is 0.859. The van der Waals surface area contributed by atoms with Crippen LogP contribution in [0.3, 0.4) is 0 Å². The molecule has 1 N–H and O–H groups in total. The van der Waals surface area contributed by atoms with Gasteiger partial charge in [-0.25, -0.2) is 0 Å². The first kappa shape index (κ1) is 6.31. The van der Waals surface area contributed by atoms with E-state index in [-0.39, 0.29) is 0 Å². The second kappa shape index (κ2) is 2.32. The van der Waals surface area contributed by atoms with Gasteiger partial charge in [-0.15, -0.1) is 0 Å². The molecule has 0 atom stereocenters. The zero-order valence-electron chi connectivity index (χ0n) is 5.39. The molecule has 0 amide bonds. The average Bonchev–Trinajstić information content (AvgIpc) is 2.36. The Morgan fingerprint density at radius 1 is 1.50 bits per heavy atom. The Morgan fingerprint density at radius 3 is 3.20 bits per heavy atom. The summed E-state index contributed by atoms with van der Waals surface area (Å²) < 4.78 is 1.17. The molecule has 0 spiro atoms. The van der Waals surface area contributed by atoms with Crippen molar-refractivity contribution < 1.29 is 0 Å². The van der Waals surface area contributed by atoms with Gasteiger partial charge in [0.1, 0.15) is 0 Å². The van der Waals surface area contributed by atoms with Crippen LogP contribution in [0.15, 0.2) is 16.7 Å². The van der Waals surface area contributed by atoms with Crippen LogP contribution < -0.4 is 5.32 Å². The summed E-state index contributed by atoms with van der Waals surface area (Å²) in [5.74, 6) is 0. The van der Waals surface area contributed by atoms with Crippen molar-refractivity contribution in [2.45, 2.75) is 13.1 Å². The maximum Gasteiger partial charge on any atom is 0.0597 e. The van der Waals surface area contributed by atoms with Crippen molar-refractivity contribution in [3.63, 3.8) is 0 Å². The molecular formula is C7H7BrN2. The molecule has 1 aliphatic rings. The first-order chi connectivity index (χ1) is 4.88. The summed E-state index contributed by atoms with van der Waals surface area (Å²) in [6.45, 7) is 1.86. The van der Waals surface area contributed by atoms with E-state index in [4.69, 9.17) is 0 Å². The van der Waals surface area contributed by atoms with Crippen LogP contribution in [0.2, 0.25) is 0 Å². The summed E-state index contributed by atoms with van der Waals surface area (Å²) in [6.07, 6.45) is 1.83. The van der Waals surface area contributed by atoms with Gasteiger partial charge in [0.2, 0.25) is 0 Å². The van der Waals surface area contributed by atoms with Gasteiger partial charge in [-0.1, -0.05) is 15.9 Å². The van der Waals surface area contributed by atoms with Crippen LogP contribution in [0.4, 0.5) is 0 Å². The zero-order valence-corrected chi connectivity index (χ0v) is 6.98. The van der Waals surface area contributed by atoms with Crippen molar-refractivity contribution in [3.05, 3.63) is 28.0 Å². The highest BCUT2D eigenvalue weighted by Crippen LogP contribution is 2.21. The fraction of sp³-hybridized carbons (Fsp3) is 0.286. The van der Waals surface area contributed by atoms with Crippen LogP contribution in [0.25, 0.3) is 0 Å². The Kier molecular flexibility index (Phi) is 1.47. The van der Waals surface area contributed by atoms with Gasteiger partial charge in [0.25, 0.3) is 0 Å². The van der Waals surface area contributed by atoms with Gasteiger partial charge in [0.15, 0.2) is 0 Å². The summed E-state index contributed by atoms with van der Waals surface area (Å²) in [6, 6.07) is 1.98.